The van der Waals surface area contributed by atoms with Crippen LogP contribution in [0.2, 0.25) is 19.6 Å². The van der Waals surface area contributed by atoms with Crippen LogP contribution in [0.1, 0.15) is 53.4 Å². The van der Waals surface area contributed by atoms with Gasteiger partial charge in [-0.3, -0.25) is 4.18 Å². The summed E-state index contributed by atoms with van der Waals surface area (Å²) >= 11 is 0. The van der Waals surface area contributed by atoms with Crippen LogP contribution in [-0.4, -0.2) is 29.1 Å². The SMILES string of the molecule is CC1=C(O[Si](C)(C)C)C[C@H]2CC(C)(C)C[C@@H](OS(C)(=O)=O)[C@]2(C)C1. The van der Waals surface area contributed by atoms with Gasteiger partial charge >= 0.3 is 0 Å². The highest BCUT2D eigenvalue weighted by Gasteiger charge is 2.53. The Hall–Kier alpha value is -0.333. The number of hydrogen-bond donors (Lipinski definition) is 0. The monoisotopic (exact) mass is 374 g/mol. The van der Waals surface area contributed by atoms with Gasteiger partial charge in [0.1, 0.15) is 0 Å². The Bertz CT molecular complexity index is 630. The summed E-state index contributed by atoms with van der Waals surface area (Å²) in [6.45, 7) is 15.4. The maximum atomic E-state index is 11.8. The van der Waals surface area contributed by atoms with Gasteiger partial charge in [0.2, 0.25) is 8.32 Å². The minimum Gasteiger partial charge on any atom is -0.547 e. The Morgan fingerprint density at radius 2 is 1.71 bits per heavy atom. The first-order valence-electron chi connectivity index (χ1n) is 8.87. The molecule has 0 saturated heterocycles. The molecule has 0 aromatic carbocycles. The summed E-state index contributed by atoms with van der Waals surface area (Å²) in [6, 6.07) is 0. The summed E-state index contributed by atoms with van der Waals surface area (Å²) in [5, 5.41) is 0. The normalized spacial score (nSPS) is 34.0. The smallest absolute Gasteiger partial charge is 0.264 e. The van der Waals surface area contributed by atoms with Crippen LogP contribution in [0.25, 0.3) is 0 Å². The van der Waals surface area contributed by atoms with E-state index in [1.54, 1.807) is 0 Å². The molecular formula is C18H34O4SSi. The fourth-order valence-corrected chi connectivity index (χ4v) is 6.17. The van der Waals surface area contributed by atoms with Crippen LogP contribution in [0, 0.1) is 16.7 Å². The molecule has 0 heterocycles. The van der Waals surface area contributed by atoms with Gasteiger partial charge in [0.05, 0.1) is 18.1 Å². The Morgan fingerprint density at radius 3 is 2.21 bits per heavy atom. The van der Waals surface area contributed by atoms with E-state index in [1.807, 2.05) is 0 Å². The van der Waals surface area contributed by atoms with E-state index in [4.69, 9.17) is 8.61 Å². The molecule has 0 radical (unpaired) electrons. The van der Waals surface area contributed by atoms with Gasteiger partial charge in [-0.1, -0.05) is 20.8 Å². The first-order valence-corrected chi connectivity index (χ1v) is 14.1. The van der Waals surface area contributed by atoms with Crippen molar-refractivity contribution in [1.29, 1.82) is 0 Å². The third-order valence-corrected chi connectivity index (χ3v) is 6.92. The highest BCUT2D eigenvalue weighted by Crippen LogP contribution is 2.57. The Labute approximate surface area is 149 Å². The van der Waals surface area contributed by atoms with Crippen LogP contribution in [0.5, 0.6) is 0 Å². The molecule has 0 aromatic rings. The molecule has 24 heavy (non-hydrogen) atoms. The van der Waals surface area contributed by atoms with E-state index in [0.717, 1.165) is 37.7 Å². The second-order valence-corrected chi connectivity index (χ2v) is 15.9. The number of allylic oxidation sites excluding steroid dienone is 2. The van der Waals surface area contributed by atoms with Crippen molar-refractivity contribution in [3.63, 3.8) is 0 Å². The third kappa shape index (κ3) is 4.64. The van der Waals surface area contributed by atoms with Crippen LogP contribution in [0.15, 0.2) is 11.3 Å². The van der Waals surface area contributed by atoms with Gasteiger partial charge in [-0.2, -0.15) is 8.42 Å². The number of rotatable bonds is 4. The Kier molecular flexibility index (Phi) is 5.10. The highest BCUT2D eigenvalue weighted by molar-refractivity contribution is 7.86. The highest BCUT2D eigenvalue weighted by atomic mass is 32.2. The average molecular weight is 375 g/mol. The van der Waals surface area contributed by atoms with E-state index in [9.17, 15) is 8.42 Å². The number of fused-ring (bicyclic) bond motifs is 1. The Morgan fingerprint density at radius 1 is 1.12 bits per heavy atom. The van der Waals surface area contributed by atoms with Crippen LogP contribution < -0.4 is 0 Å². The lowest BCUT2D eigenvalue weighted by Crippen LogP contribution is -2.52. The minimum absolute atomic E-state index is 0.0784. The molecule has 0 N–H and O–H groups in total. The molecule has 4 nitrogen and oxygen atoms in total. The van der Waals surface area contributed by atoms with Gasteiger partial charge in [-0.15, -0.1) is 0 Å². The van der Waals surface area contributed by atoms with Crippen molar-refractivity contribution in [2.75, 3.05) is 6.26 Å². The standard InChI is InChI=1S/C18H34O4SSi/c1-13-10-18(4)14(9-15(13)22-24(6,7)8)11-17(2,3)12-16(18)21-23(5,19)20/h14,16H,9-12H2,1-8H3/t14-,16+,18+/m0/s1. The van der Waals surface area contributed by atoms with Crippen molar-refractivity contribution in [2.24, 2.45) is 16.7 Å². The maximum Gasteiger partial charge on any atom is 0.264 e. The fraction of sp³-hybridized carbons (Fsp3) is 0.889. The summed E-state index contributed by atoms with van der Waals surface area (Å²) in [6.07, 6.45) is 4.53. The lowest BCUT2D eigenvalue weighted by Gasteiger charge is -2.54. The first kappa shape index (κ1) is 20.0. The second kappa shape index (κ2) is 6.13. The molecule has 1 fully saturated rings. The molecule has 0 aliphatic heterocycles. The van der Waals surface area contributed by atoms with Gasteiger partial charge in [-0.25, -0.2) is 0 Å². The molecule has 3 atom stereocenters. The zero-order valence-corrected chi connectivity index (χ0v) is 18.3. The van der Waals surface area contributed by atoms with Crippen molar-refractivity contribution < 1.29 is 17.0 Å². The minimum atomic E-state index is -3.46. The van der Waals surface area contributed by atoms with Crippen LogP contribution >= 0.6 is 0 Å². The molecule has 0 spiro atoms. The fourth-order valence-electron chi connectivity index (χ4n) is 4.47. The van der Waals surface area contributed by atoms with Crippen molar-refractivity contribution in [2.45, 2.75) is 79.1 Å². The molecule has 2 aliphatic rings. The molecule has 0 aromatic heterocycles. The van der Waals surface area contributed by atoms with E-state index < -0.39 is 18.4 Å². The molecule has 140 valence electrons. The van der Waals surface area contributed by atoms with E-state index in [-0.39, 0.29) is 16.9 Å². The molecule has 2 aliphatic carbocycles. The van der Waals surface area contributed by atoms with Gasteiger partial charge < -0.3 is 4.43 Å². The second-order valence-electron chi connectivity index (χ2n) is 9.86. The summed E-state index contributed by atoms with van der Waals surface area (Å²) < 4.78 is 35.6. The van der Waals surface area contributed by atoms with E-state index in [2.05, 4.69) is 47.3 Å². The van der Waals surface area contributed by atoms with Crippen molar-refractivity contribution in [1.82, 2.24) is 0 Å². The van der Waals surface area contributed by atoms with Gasteiger partial charge in [-0.05, 0) is 62.7 Å². The summed E-state index contributed by atoms with van der Waals surface area (Å²) in [7, 11) is -5.11. The lowest BCUT2D eigenvalue weighted by molar-refractivity contribution is -0.0756. The molecule has 2 rings (SSSR count). The van der Waals surface area contributed by atoms with Gasteiger partial charge in [0, 0.05) is 11.8 Å². The van der Waals surface area contributed by atoms with Crippen molar-refractivity contribution in [3.05, 3.63) is 11.3 Å². The number of hydrogen-bond acceptors (Lipinski definition) is 4. The van der Waals surface area contributed by atoms with Crippen LogP contribution in [0.4, 0.5) is 0 Å². The van der Waals surface area contributed by atoms with E-state index in [0.29, 0.717) is 5.92 Å². The molecule has 0 amide bonds. The van der Waals surface area contributed by atoms with Crippen LogP contribution in [0.3, 0.4) is 0 Å². The van der Waals surface area contributed by atoms with Crippen LogP contribution in [-0.2, 0) is 18.7 Å². The molecule has 0 unspecified atom stereocenters. The molecule has 6 heteroatoms. The molecular weight excluding hydrogens is 340 g/mol. The quantitative estimate of drug-likeness (QED) is 0.529. The van der Waals surface area contributed by atoms with Crippen molar-refractivity contribution >= 4 is 18.4 Å². The third-order valence-electron chi connectivity index (χ3n) is 5.48. The summed E-state index contributed by atoms with van der Waals surface area (Å²) in [5.41, 5.74) is 1.20. The average Bonchev–Trinajstić information content (AvgIpc) is 2.29. The topological polar surface area (TPSA) is 52.6 Å². The van der Waals surface area contributed by atoms with E-state index in [1.165, 1.54) is 5.57 Å². The van der Waals surface area contributed by atoms with Gasteiger partial charge in [0.25, 0.3) is 10.1 Å². The summed E-state index contributed by atoms with van der Waals surface area (Å²) in [4.78, 5) is 0. The maximum absolute atomic E-state index is 11.8. The van der Waals surface area contributed by atoms with Crippen molar-refractivity contribution in [3.8, 4) is 0 Å². The predicted molar refractivity (Wildman–Crippen MR) is 101 cm³/mol. The largest absolute Gasteiger partial charge is 0.547 e. The summed E-state index contributed by atoms with van der Waals surface area (Å²) in [5.74, 6) is 1.54. The molecule has 1 saturated carbocycles. The first-order chi connectivity index (χ1) is 10.6. The zero-order valence-electron chi connectivity index (χ0n) is 16.5. The lowest BCUT2D eigenvalue weighted by atomic mass is 9.54. The van der Waals surface area contributed by atoms with Gasteiger partial charge in [0.15, 0.2) is 0 Å². The molecule has 0 bridgehead atoms. The Balaban J connectivity index is 2.37. The zero-order chi connectivity index (χ0) is 18.6. The predicted octanol–water partition coefficient (Wildman–Crippen LogP) is 4.69. The van der Waals surface area contributed by atoms with E-state index >= 15 is 0 Å².